The van der Waals surface area contributed by atoms with Gasteiger partial charge in [-0.1, -0.05) is 37.6 Å². The van der Waals surface area contributed by atoms with Crippen molar-refractivity contribution in [3.05, 3.63) is 35.4 Å². The summed E-state index contributed by atoms with van der Waals surface area (Å²) in [4.78, 5) is 0. The van der Waals surface area contributed by atoms with Gasteiger partial charge in [0, 0.05) is 7.11 Å². The summed E-state index contributed by atoms with van der Waals surface area (Å²) in [5.41, 5.74) is 2.94. The van der Waals surface area contributed by atoms with Crippen molar-refractivity contribution in [2.45, 2.75) is 69.4 Å². The molecular formula is C19H29NO. The average Bonchev–Trinajstić information content (AvgIpc) is 2.41. The van der Waals surface area contributed by atoms with Crippen LogP contribution in [-0.2, 0) is 4.74 Å². The predicted molar refractivity (Wildman–Crippen MR) is 87.7 cm³/mol. The van der Waals surface area contributed by atoms with E-state index in [1.165, 1.54) is 49.7 Å². The maximum atomic E-state index is 5.93. The highest BCUT2D eigenvalue weighted by atomic mass is 16.5. The first kappa shape index (κ1) is 15.1. The van der Waals surface area contributed by atoms with E-state index in [1.54, 1.807) is 0 Å². The van der Waals surface area contributed by atoms with Crippen molar-refractivity contribution in [3.8, 4) is 0 Å². The second kappa shape index (κ2) is 6.50. The average molecular weight is 287 g/mol. The summed E-state index contributed by atoms with van der Waals surface area (Å²) in [5, 5.41) is 3.73. The highest BCUT2D eigenvalue weighted by Gasteiger charge is 2.44. The van der Waals surface area contributed by atoms with Crippen LogP contribution in [0.1, 0.15) is 75.0 Å². The lowest BCUT2D eigenvalue weighted by molar-refractivity contribution is -0.0997. The summed E-state index contributed by atoms with van der Waals surface area (Å²) < 4.78 is 5.93. The summed E-state index contributed by atoms with van der Waals surface area (Å²) in [6.45, 7) is 3.28. The molecule has 1 aromatic carbocycles. The van der Waals surface area contributed by atoms with Crippen LogP contribution in [0.3, 0.4) is 0 Å². The van der Waals surface area contributed by atoms with E-state index in [0.717, 1.165) is 18.9 Å². The molecular weight excluding hydrogens is 258 g/mol. The van der Waals surface area contributed by atoms with E-state index >= 15 is 0 Å². The molecule has 116 valence electrons. The highest BCUT2D eigenvalue weighted by Crippen LogP contribution is 2.45. The van der Waals surface area contributed by atoms with Crippen LogP contribution < -0.4 is 5.32 Å². The van der Waals surface area contributed by atoms with E-state index in [0.29, 0.717) is 6.04 Å². The van der Waals surface area contributed by atoms with Crippen molar-refractivity contribution in [2.75, 3.05) is 13.7 Å². The molecule has 0 spiro atoms. The molecule has 1 N–H and O–H groups in total. The van der Waals surface area contributed by atoms with Gasteiger partial charge in [0.1, 0.15) is 0 Å². The minimum atomic E-state index is 0.0210. The Kier molecular flexibility index (Phi) is 4.66. The van der Waals surface area contributed by atoms with E-state index in [2.05, 4.69) is 36.5 Å². The molecule has 0 radical (unpaired) electrons. The van der Waals surface area contributed by atoms with Crippen molar-refractivity contribution < 1.29 is 4.74 Å². The first-order valence-electron chi connectivity index (χ1n) is 8.67. The molecule has 0 amide bonds. The van der Waals surface area contributed by atoms with Crippen molar-refractivity contribution in [3.63, 3.8) is 0 Å². The van der Waals surface area contributed by atoms with Crippen molar-refractivity contribution in [2.24, 2.45) is 0 Å². The minimum Gasteiger partial charge on any atom is -0.376 e. The van der Waals surface area contributed by atoms with Gasteiger partial charge >= 0.3 is 0 Å². The molecule has 1 aromatic rings. The second-order valence-electron chi connectivity index (χ2n) is 6.80. The summed E-state index contributed by atoms with van der Waals surface area (Å²) in [7, 11) is 1.88. The van der Waals surface area contributed by atoms with Crippen LogP contribution in [0, 0.1) is 0 Å². The quantitative estimate of drug-likeness (QED) is 0.793. The molecule has 2 aliphatic rings. The van der Waals surface area contributed by atoms with E-state index in [9.17, 15) is 0 Å². The SMILES string of the molecule is CCCNC(c1ccc(C2CCC2)cc1)C1(OC)CCC1. The minimum absolute atomic E-state index is 0.0210. The molecule has 2 fully saturated rings. The van der Waals surface area contributed by atoms with Crippen molar-refractivity contribution in [1.29, 1.82) is 0 Å². The fourth-order valence-corrected chi connectivity index (χ4v) is 3.73. The smallest absolute Gasteiger partial charge is 0.0872 e. The lowest BCUT2D eigenvalue weighted by Gasteiger charge is -2.47. The number of nitrogens with one attached hydrogen (secondary N) is 1. The largest absolute Gasteiger partial charge is 0.376 e. The van der Waals surface area contributed by atoms with Gasteiger partial charge in [0.25, 0.3) is 0 Å². The summed E-state index contributed by atoms with van der Waals surface area (Å²) in [6, 6.07) is 9.70. The number of rotatable bonds is 7. The van der Waals surface area contributed by atoms with Gasteiger partial charge in [-0.3, -0.25) is 0 Å². The zero-order valence-electron chi connectivity index (χ0n) is 13.5. The number of hydrogen-bond acceptors (Lipinski definition) is 2. The lowest BCUT2D eigenvalue weighted by Crippen LogP contribution is -2.50. The van der Waals surface area contributed by atoms with Gasteiger partial charge in [0.2, 0.25) is 0 Å². The fraction of sp³-hybridized carbons (Fsp3) is 0.684. The Bertz CT molecular complexity index is 440. The van der Waals surface area contributed by atoms with Crippen LogP contribution in [0.5, 0.6) is 0 Å². The third kappa shape index (κ3) is 2.89. The van der Waals surface area contributed by atoms with Crippen LogP contribution in [0.2, 0.25) is 0 Å². The molecule has 0 bridgehead atoms. The van der Waals surface area contributed by atoms with Gasteiger partial charge in [-0.2, -0.15) is 0 Å². The standard InChI is InChI=1S/C19H29NO/c1-3-14-20-18(19(21-2)12-5-13-19)17-10-8-16(9-11-17)15-6-4-7-15/h8-11,15,18,20H,3-7,12-14H2,1-2H3. The Morgan fingerprint density at radius 3 is 2.33 bits per heavy atom. The summed E-state index contributed by atoms with van der Waals surface area (Å²) in [6.07, 6.45) is 8.96. The van der Waals surface area contributed by atoms with Gasteiger partial charge in [0.05, 0.1) is 11.6 Å². The van der Waals surface area contributed by atoms with Crippen LogP contribution in [-0.4, -0.2) is 19.3 Å². The van der Waals surface area contributed by atoms with E-state index in [1.807, 2.05) is 7.11 Å². The maximum absolute atomic E-state index is 5.93. The van der Waals surface area contributed by atoms with Gasteiger partial charge in [-0.05, 0) is 62.1 Å². The Hall–Kier alpha value is -0.860. The number of ether oxygens (including phenoxy) is 1. The molecule has 2 saturated carbocycles. The van der Waals surface area contributed by atoms with E-state index in [-0.39, 0.29) is 5.60 Å². The van der Waals surface area contributed by atoms with Gasteiger partial charge in [-0.15, -0.1) is 0 Å². The third-order valence-electron chi connectivity index (χ3n) is 5.58. The Morgan fingerprint density at radius 1 is 1.19 bits per heavy atom. The molecule has 0 aliphatic heterocycles. The second-order valence-corrected chi connectivity index (χ2v) is 6.80. The van der Waals surface area contributed by atoms with Gasteiger partial charge in [0.15, 0.2) is 0 Å². The number of methoxy groups -OCH3 is 1. The Morgan fingerprint density at radius 2 is 1.90 bits per heavy atom. The predicted octanol–water partition coefficient (Wildman–Crippen LogP) is 4.56. The van der Waals surface area contributed by atoms with Crippen LogP contribution in [0.15, 0.2) is 24.3 Å². The van der Waals surface area contributed by atoms with Crippen molar-refractivity contribution in [1.82, 2.24) is 5.32 Å². The third-order valence-corrected chi connectivity index (χ3v) is 5.58. The van der Waals surface area contributed by atoms with Crippen LogP contribution in [0.4, 0.5) is 0 Å². The zero-order valence-corrected chi connectivity index (χ0v) is 13.5. The number of benzene rings is 1. The normalized spacial score (nSPS) is 22.4. The first-order valence-corrected chi connectivity index (χ1v) is 8.67. The zero-order chi connectivity index (χ0) is 14.7. The number of hydrogen-bond donors (Lipinski definition) is 1. The van der Waals surface area contributed by atoms with Crippen molar-refractivity contribution >= 4 is 0 Å². The molecule has 0 heterocycles. The summed E-state index contributed by atoms with van der Waals surface area (Å²) >= 11 is 0. The van der Waals surface area contributed by atoms with E-state index in [4.69, 9.17) is 4.74 Å². The monoisotopic (exact) mass is 287 g/mol. The molecule has 3 rings (SSSR count). The Labute approximate surface area is 129 Å². The molecule has 2 nitrogen and oxygen atoms in total. The van der Waals surface area contributed by atoms with Crippen LogP contribution in [0.25, 0.3) is 0 Å². The topological polar surface area (TPSA) is 21.3 Å². The molecule has 1 atom stereocenters. The Balaban J connectivity index is 1.78. The highest BCUT2D eigenvalue weighted by molar-refractivity contribution is 5.30. The molecule has 21 heavy (non-hydrogen) atoms. The van der Waals surface area contributed by atoms with Gasteiger partial charge in [-0.25, -0.2) is 0 Å². The summed E-state index contributed by atoms with van der Waals surface area (Å²) in [5.74, 6) is 0.821. The first-order chi connectivity index (χ1) is 10.3. The molecule has 1 unspecified atom stereocenters. The van der Waals surface area contributed by atoms with Gasteiger partial charge < -0.3 is 10.1 Å². The fourth-order valence-electron chi connectivity index (χ4n) is 3.73. The molecule has 0 aromatic heterocycles. The van der Waals surface area contributed by atoms with Crippen LogP contribution >= 0.6 is 0 Å². The molecule has 0 saturated heterocycles. The molecule has 2 heteroatoms. The molecule has 2 aliphatic carbocycles. The lowest BCUT2D eigenvalue weighted by atomic mass is 9.71. The maximum Gasteiger partial charge on any atom is 0.0872 e. The van der Waals surface area contributed by atoms with E-state index < -0.39 is 0 Å².